The third kappa shape index (κ3) is 3.65. The van der Waals surface area contributed by atoms with Crippen LogP contribution in [0.25, 0.3) is 0 Å². The van der Waals surface area contributed by atoms with Crippen molar-refractivity contribution in [2.75, 3.05) is 6.61 Å². The van der Waals surface area contributed by atoms with Gasteiger partial charge in [0.25, 0.3) is 0 Å². The van der Waals surface area contributed by atoms with Crippen molar-refractivity contribution in [3.8, 4) is 0 Å². The van der Waals surface area contributed by atoms with Crippen molar-refractivity contribution >= 4 is 0 Å². The number of hydrogen-bond donors (Lipinski definition) is 1. The summed E-state index contributed by atoms with van der Waals surface area (Å²) >= 11 is 0. The average molecular weight is 246 g/mol. The van der Waals surface area contributed by atoms with Gasteiger partial charge in [0, 0.05) is 12.7 Å². The zero-order chi connectivity index (χ0) is 12.8. The van der Waals surface area contributed by atoms with Crippen LogP contribution in [0.1, 0.15) is 31.0 Å². The van der Waals surface area contributed by atoms with E-state index in [9.17, 15) is 0 Å². The zero-order valence-electron chi connectivity index (χ0n) is 11.0. The first-order valence-electron chi connectivity index (χ1n) is 6.66. The topological polar surface area (TPSA) is 48.1 Å². The van der Waals surface area contributed by atoms with Crippen molar-refractivity contribution in [1.82, 2.24) is 4.98 Å². The summed E-state index contributed by atoms with van der Waals surface area (Å²) in [7, 11) is 0. The normalized spacial score (nSPS) is 23.2. The Balaban J connectivity index is 1.75. The number of nitrogens with zero attached hydrogens (tertiary/aromatic N) is 1. The van der Waals surface area contributed by atoms with Crippen LogP contribution in [0.3, 0.4) is 0 Å². The summed E-state index contributed by atoms with van der Waals surface area (Å²) in [6.45, 7) is 4.26. The second-order valence-corrected chi connectivity index (χ2v) is 5.06. The van der Waals surface area contributed by atoms with Crippen LogP contribution in [-0.4, -0.2) is 11.6 Å². The second kappa shape index (κ2) is 6.66. The van der Waals surface area contributed by atoms with E-state index >= 15 is 0 Å². The predicted molar refractivity (Wildman–Crippen MR) is 72.8 cm³/mol. The molecule has 2 atom stereocenters. The Morgan fingerprint density at radius 3 is 2.83 bits per heavy atom. The number of ether oxygens (including phenoxy) is 1. The molecule has 0 amide bonds. The lowest BCUT2D eigenvalue weighted by atomic mass is 9.85. The molecular formula is C15H22N2O. The highest BCUT2D eigenvalue weighted by atomic mass is 16.5. The molecule has 1 aliphatic rings. The fraction of sp³-hybridized carbons (Fsp3) is 0.533. The van der Waals surface area contributed by atoms with Gasteiger partial charge in [0.05, 0.1) is 18.9 Å². The monoisotopic (exact) mass is 246 g/mol. The molecule has 0 spiro atoms. The van der Waals surface area contributed by atoms with E-state index in [0.717, 1.165) is 30.2 Å². The number of pyridine rings is 1. The maximum atomic E-state index is 5.78. The lowest BCUT2D eigenvalue weighted by Crippen LogP contribution is -2.19. The summed E-state index contributed by atoms with van der Waals surface area (Å²) in [4.78, 5) is 4.33. The minimum Gasteiger partial charge on any atom is -0.375 e. The summed E-state index contributed by atoms with van der Waals surface area (Å²) in [5.74, 6) is 1.38. The Hall–Kier alpha value is -1.19. The molecule has 2 N–H and O–H groups in total. The lowest BCUT2D eigenvalue weighted by molar-refractivity contribution is 0.0662. The Labute approximate surface area is 109 Å². The van der Waals surface area contributed by atoms with E-state index in [-0.39, 0.29) is 0 Å². The molecule has 0 aromatic carbocycles. The standard InChI is InChI=1S/C15H22N2O/c1-12-4-2-3-5-14(12)10-18-11-15-7-6-13(8-16)9-17-15/h2-3,6-7,9,12,14H,4-5,8,10-11,16H2,1H3. The van der Waals surface area contributed by atoms with Crippen LogP contribution >= 0.6 is 0 Å². The Kier molecular flexibility index (Phi) is 4.90. The molecule has 18 heavy (non-hydrogen) atoms. The van der Waals surface area contributed by atoms with E-state index in [1.54, 1.807) is 0 Å². The highest BCUT2D eigenvalue weighted by Crippen LogP contribution is 2.25. The van der Waals surface area contributed by atoms with E-state index < -0.39 is 0 Å². The van der Waals surface area contributed by atoms with Crippen molar-refractivity contribution in [2.45, 2.75) is 32.9 Å². The van der Waals surface area contributed by atoms with Gasteiger partial charge in [-0.25, -0.2) is 0 Å². The van der Waals surface area contributed by atoms with Gasteiger partial charge in [-0.2, -0.15) is 0 Å². The van der Waals surface area contributed by atoms with Crippen LogP contribution in [0.15, 0.2) is 30.5 Å². The van der Waals surface area contributed by atoms with Crippen molar-refractivity contribution < 1.29 is 4.74 Å². The molecule has 3 heteroatoms. The van der Waals surface area contributed by atoms with E-state index in [1.807, 2.05) is 18.3 Å². The molecule has 1 aromatic heterocycles. The summed E-state index contributed by atoms with van der Waals surface area (Å²) in [5.41, 5.74) is 7.57. The summed E-state index contributed by atoms with van der Waals surface area (Å²) in [5, 5.41) is 0. The van der Waals surface area contributed by atoms with E-state index in [0.29, 0.717) is 19.1 Å². The van der Waals surface area contributed by atoms with Crippen molar-refractivity contribution in [1.29, 1.82) is 0 Å². The first-order chi connectivity index (χ1) is 8.79. The van der Waals surface area contributed by atoms with Crippen LogP contribution in [0.4, 0.5) is 0 Å². The minimum absolute atomic E-state index is 0.542. The van der Waals surface area contributed by atoms with Crippen LogP contribution in [0, 0.1) is 11.8 Å². The Morgan fingerprint density at radius 1 is 1.33 bits per heavy atom. The van der Waals surface area contributed by atoms with Gasteiger partial charge in [-0.1, -0.05) is 25.1 Å². The molecule has 0 bridgehead atoms. The van der Waals surface area contributed by atoms with Crippen LogP contribution in [-0.2, 0) is 17.9 Å². The maximum Gasteiger partial charge on any atom is 0.0887 e. The third-order valence-corrected chi connectivity index (χ3v) is 3.62. The highest BCUT2D eigenvalue weighted by molar-refractivity contribution is 5.13. The van der Waals surface area contributed by atoms with Crippen molar-refractivity contribution in [3.63, 3.8) is 0 Å². The van der Waals surface area contributed by atoms with Crippen LogP contribution in [0.2, 0.25) is 0 Å². The molecule has 1 heterocycles. The molecule has 0 saturated heterocycles. The number of hydrogen-bond acceptors (Lipinski definition) is 3. The van der Waals surface area contributed by atoms with Gasteiger partial charge < -0.3 is 10.5 Å². The third-order valence-electron chi connectivity index (χ3n) is 3.62. The molecule has 0 saturated carbocycles. The first-order valence-corrected chi connectivity index (χ1v) is 6.66. The van der Waals surface area contributed by atoms with Gasteiger partial charge in [0.2, 0.25) is 0 Å². The molecule has 3 nitrogen and oxygen atoms in total. The molecule has 98 valence electrons. The fourth-order valence-corrected chi connectivity index (χ4v) is 2.22. The maximum absolute atomic E-state index is 5.78. The molecule has 0 radical (unpaired) electrons. The summed E-state index contributed by atoms with van der Waals surface area (Å²) in [6, 6.07) is 4.00. The average Bonchev–Trinajstić information content (AvgIpc) is 2.42. The SMILES string of the molecule is CC1CC=CCC1COCc1ccc(CN)cn1. The van der Waals surface area contributed by atoms with Gasteiger partial charge in [-0.05, 0) is 36.3 Å². The van der Waals surface area contributed by atoms with Gasteiger partial charge in [0.15, 0.2) is 0 Å². The Morgan fingerprint density at radius 2 is 2.17 bits per heavy atom. The predicted octanol–water partition coefficient (Wildman–Crippen LogP) is 2.66. The fourth-order valence-electron chi connectivity index (χ4n) is 2.22. The number of aromatic nitrogens is 1. The number of nitrogens with two attached hydrogens (primary N) is 1. The van der Waals surface area contributed by atoms with Crippen molar-refractivity contribution in [2.24, 2.45) is 17.6 Å². The van der Waals surface area contributed by atoms with Gasteiger partial charge in [0.1, 0.15) is 0 Å². The van der Waals surface area contributed by atoms with Gasteiger partial charge in [-0.15, -0.1) is 0 Å². The van der Waals surface area contributed by atoms with Crippen molar-refractivity contribution in [3.05, 3.63) is 41.7 Å². The largest absolute Gasteiger partial charge is 0.375 e. The molecular weight excluding hydrogens is 224 g/mol. The van der Waals surface area contributed by atoms with E-state index in [2.05, 4.69) is 24.1 Å². The smallest absolute Gasteiger partial charge is 0.0887 e. The van der Waals surface area contributed by atoms with Gasteiger partial charge in [-0.3, -0.25) is 4.98 Å². The molecule has 2 rings (SSSR count). The lowest BCUT2D eigenvalue weighted by Gasteiger charge is -2.24. The molecule has 1 aliphatic carbocycles. The minimum atomic E-state index is 0.542. The number of rotatable bonds is 5. The Bertz CT molecular complexity index is 386. The molecule has 2 unspecified atom stereocenters. The van der Waals surface area contributed by atoms with Crippen LogP contribution < -0.4 is 5.73 Å². The number of allylic oxidation sites excluding steroid dienone is 2. The quantitative estimate of drug-likeness (QED) is 0.812. The van der Waals surface area contributed by atoms with E-state index in [4.69, 9.17) is 10.5 Å². The summed E-state index contributed by atoms with van der Waals surface area (Å²) < 4.78 is 5.78. The first kappa shape index (κ1) is 13.2. The summed E-state index contributed by atoms with van der Waals surface area (Å²) in [6.07, 6.45) is 8.68. The second-order valence-electron chi connectivity index (χ2n) is 5.06. The zero-order valence-corrected chi connectivity index (χ0v) is 11.0. The molecule has 0 aliphatic heterocycles. The molecule has 0 fully saturated rings. The molecule has 1 aromatic rings. The highest BCUT2D eigenvalue weighted by Gasteiger charge is 2.18. The van der Waals surface area contributed by atoms with E-state index in [1.165, 1.54) is 6.42 Å². The van der Waals surface area contributed by atoms with Crippen LogP contribution in [0.5, 0.6) is 0 Å². The van der Waals surface area contributed by atoms with Gasteiger partial charge >= 0.3 is 0 Å².